The van der Waals surface area contributed by atoms with Crippen molar-refractivity contribution in [1.29, 1.82) is 0 Å². The van der Waals surface area contributed by atoms with E-state index in [1.807, 2.05) is 18.2 Å². The lowest BCUT2D eigenvalue weighted by molar-refractivity contribution is 0.0919. The molecule has 2 saturated heterocycles. The van der Waals surface area contributed by atoms with Crippen LogP contribution in [-0.2, 0) is 11.3 Å². The van der Waals surface area contributed by atoms with Crippen LogP contribution in [0, 0.1) is 0 Å². The van der Waals surface area contributed by atoms with Gasteiger partial charge < -0.3 is 19.9 Å². The maximum absolute atomic E-state index is 12.2. The summed E-state index contributed by atoms with van der Waals surface area (Å²) < 4.78 is 5.53. The molecule has 2 heterocycles. The molecule has 0 radical (unpaired) electrons. The maximum Gasteiger partial charge on any atom is 0.410 e. The first-order valence-electron chi connectivity index (χ1n) is 8.40. The van der Waals surface area contributed by atoms with Crippen molar-refractivity contribution in [2.75, 3.05) is 44.2 Å². The SMILES string of the molecule is O=C(OCc1ccc(Cl)cc1N1CCCCC1)N1CCNCC1. The summed E-state index contributed by atoms with van der Waals surface area (Å²) in [6.07, 6.45) is 3.45. The molecular weight excluding hydrogens is 314 g/mol. The molecule has 0 atom stereocenters. The van der Waals surface area contributed by atoms with Gasteiger partial charge in [-0.3, -0.25) is 0 Å². The van der Waals surface area contributed by atoms with E-state index in [4.69, 9.17) is 16.3 Å². The topological polar surface area (TPSA) is 44.8 Å². The molecule has 0 bridgehead atoms. The highest BCUT2D eigenvalue weighted by Gasteiger charge is 2.19. The number of nitrogens with zero attached hydrogens (tertiary/aromatic N) is 2. The van der Waals surface area contributed by atoms with Crippen LogP contribution in [0.5, 0.6) is 0 Å². The van der Waals surface area contributed by atoms with Gasteiger partial charge >= 0.3 is 6.09 Å². The van der Waals surface area contributed by atoms with E-state index in [0.29, 0.717) is 19.7 Å². The van der Waals surface area contributed by atoms with E-state index in [2.05, 4.69) is 10.2 Å². The Bertz CT molecular complexity index is 541. The third kappa shape index (κ3) is 4.30. The van der Waals surface area contributed by atoms with Crippen molar-refractivity contribution >= 4 is 23.4 Å². The molecule has 1 N–H and O–H groups in total. The van der Waals surface area contributed by atoms with E-state index >= 15 is 0 Å². The quantitative estimate of drug-likeness (QED) is 0.921. The number of nitrogens with one attached hydrogen (secondary N) is 1. The van der Waals surface area contributed by atoms with Gasteiger partial charge in [0.2, 0.25) is 0 Å². The van der Waals surface area contributed by atoms with Crippen LogP contribution in [-0.4, -0.2) is 50.3 Å². The van der Waals surface area contributed by atoms with Crippen LogP contribution in [0.1, 0.15) is 24.8 Å². The molecule has 0 spiro atoms. The summed E-state index contributed by atoms with van der Waals surface area (Å²) in [5.41, 5.74) is 2.13. The fourth-order valence-electron chi connectivity index (χ4n) is 3.17. The van der Waals surface area contributed by atoms with Gasteiger partial charge in [0.1, 0.15) is 6.61 Å². The van der Waals surface area contributed by atoms with Crippen molar-refractivity contribution in [3.63, 3.8) is 0 Å². The molecule has 1 aromatic carbocycles. The molecule has 2 aliphatic rings. The lowest BCUT2D eigenvalue weighted by Crippen LogP contribution is -2.46. The predicted molar refractivity (Wildman–Crippen MR) is 92.1 cm³/mol. The number of ether oxygens (including phenoxy) is 1. The fraction of sp³-hybridized carbons (Fsp3) is 0.588. The third-order valence-electron chi connectivity index (χ3n) is 4.47. The number of hydrogen-bond acceptors (Lipinski definition) is 4. The van der Waals surface area contributed by atoms with E-state index in [0.717, 1.165) is 42.5 Å². The number of piperazine rings is 1. The number of hydrogen-bond donors (Lipinski definition) is 1. The van der Waals surface area contributed by atoms with Crippen molar-refractivity contribution in [3.8, 4) is 0 Å². The third-order valence-corrected chi connectivity index (χ3v) is 4.71. The predicted octanol–water partition coefficient (Wildman–Crippen LogP) is 2.87. The molecule has 2 fully saturated rings. The minimum Gasteiger partial charge on any atom is -0.444 e. The molecule has 23 heavy (non-hydrogen) atoms. The Morgan fingerprint density at radius 1 is 1.13 bits per heavy atom. The van der Waals surface area contributed by atoms with Gasteiger partial charge in [-0.2, -0.15) is 0 Å². The van der Waals surface area contributed by atoms with E-state index < -0.39 is 0 Å². The standard InChI is InChI=1S/C17H24ClN3O2/c18-15-5-4-14(16(12-15)20-8-2-1-3-9-20)13-23-17(22)21-10-6-19-7-11-21/h4-5,12,19H,1-3,6-11,13H2. The van der Waals surface area contributed by atoms with Crippen LogP contribution < -0.4 is 10.2 Å². The van der Waals surface area contributed by atoms with Crippen molar-refractivity contribution in [2.24, 2.45) is 0 Å². The highest BCUT2D eigenvalue weighted by atomic mass is 35.5. The van der Waals surface area contributed by atoms with E-state index in [1.54, 1.807) is 4.90 Å². The molecule has 0 unspecified atom stereocenters. The first-order valence-corrected chi connectivity index (χ1v) is 8.77. The normalized spacial score (nSPS) is 18.8. The largest absolute Gasteiger partial charge is 0.444 e. The van der Waals surface area contributed by atoms with Crippen LogP contribution in [0.3, 0.4) is 0 Å². The first-order chi connectivity index (χ1) is 11.2. The van der Waals surface area contributed by atoms with Gasteiger partial charge in [0.05, 0.1) is 0 Å². The molecule has 2 aliphatic heterocycles. The molecule has 6 heteroatoms. The van der Waals surface area contributed by atoms with E-state index in [9.17, 15) is 4.79 Å². The highest BCUT2D eigenvalue weighted by Crippen LogP contribution is 2.28. The molecule has 0 aromatic heterocycles. The second kappa shape index (κ2) is 7.88. The van der Waals surface area contributed by atoms with E-state index in [1.165, 1.54) is 19.3 Å². The number of rotatable bonds is 3. The molecule has 1 amide bonds. The van der Waals surface area contributed by atoms with Gasteiger partial charge in [0.25, 0.3) is 0 Å². The Morgan fingerprint density at radius 2 is 1.87 bits per heavy atom. The Balaban J connectivity index is 1.65. The zero-order valence-corrected chi connectivity index (χ0v) is 14.1. The summed E-state index contributed by atoms with van der Waals surface area (Å²) in [5.74, 6) is 0. The number of carbonyl (C=O) groups is 1. The average molecular weight is 338 g/mol. The maximum atomic E-state index is 12.2. The van der Waals surface area contributed by atoms with Crippen LogP contribution >= 0.6 is 11.6 Å². The van der Waals surface area contributed by atoms with Gasteiger partial charge in [-0.25, -0.2) is 4.79 Å². The summed E-state index contributed by atoms with van der Waals surface area (Å²) in [6, 6.07) is 5.82. The van der Waals surface area contributed by atoms with Gasteiger partial charge in [-0.05, 0) is 31.4 Å². The molecule has 0 aliphatic carbocycles. The lowest BCUT2D eigenvalue weighted by atomic mass is 10.1. The fourth-order valence-corrected chi connectivity index (χ4v) is 3.33. The smallest absolute Gasteiger partial charge is 0.410 e. The van der Waals surface area contributed by atoms with Crippen LogP contribution in [0.4, 0.5) is 10.5 Å². The van der Waals surface area contributed by atoms with Crippen molar-refractivity contribution in [1.82, 2.24) is 10.2 Å². The Kier molecular flexibility index (Phi) is 5.62. The Hall–Kier alpha value is -1.46. The van der Waals surface area contributed by atoms with Crippen LogP contribution in [0.25, 0.3) is 0 Å². The van der Waals surface area contributed by atoms with Gasteiger partial charge in [0.15, 0.2) is 0 Å². The minimum atomic E-state index is -0.231. The van der Waals surface area contributed by atoms with Gasteiger partial charge in [-0.1, -0.05) is 17.7 Å². The molecule has 1 aromatic rings. The molecule has 3 rings (SSSR count). The number of anilines is 1. The monoisotopic (exact) mass is 337 g/mol. The number of amides is 1. The van der Waals surface area contributed by atoms with Gasteiger partial charge in [0, 0.05) is 55.5 Å². The summed E-state index contributed by atoms with van der Waals surface area (Å²) in [7, 11) is 0. The number of piperidine rings is 1. The number of halogens is 1. The number of carbonyl (C=O) groups excluding carboxylic acids is 1. The second-order valence-corrected chi connectivity index (χ2v) is 6.55. The molecule has 5 nitrogen and oxygen atoms in total. The van der Waals surface area contributed by atoms with Crippen LogP contribution in [0.15, 0.2) is 18.2 Å². The zero-order chi connectivity index (χ0) is 16.1. The van der Waals surface area contributed by atoms with Gasteiger partial charge in [-0.15, -0.1) is 0 Å². The van der Waals surface area contributed by atoms with Crippen molar-refractivity contribution in [2.45, 2.75) is 25.9 Å². The van der Waals surface area contributed by atoms with Crippen molar-refractivity contribution < 1.29 is 9.53 Å². The number of benzene rings is 1. The summed E-state index contributed by atoms with van der Waals surface area (Å²) >= 11 is 6.17. The Labute approximate surface area is 142 Å². The molecule has 126 valence electrons. The molecular formula is C17H24ClN3O2. The lowest BCUT2D eigenvalue weighted by Gasteiger charge is -2.31. The molecule has 0 saturated carbocycles. The van der Waals surface area contributed by atoms with E-state index in [-0.39, 0.29) is 6.09 Å². The van der Waals surface area contributed by atoms with Crippen LogP contribution in [0.2, 0.25) is 5.02 Å². The summed E-state index contributed by atoms with van der Waals surface area (Å²) in [5, 5.41) is 3.96. The summed E-state index contributed by atoms with van der Waals surface area (Å²) in [6.45, 7) is 5.45. The first kappa shape index (κ1) is 16.4. The summed E-state index contributed by atoms with van der Waals surface area (Å²) in [4.78, 5) is 16.3. The average Bonchev–Trinajstić information content (AvgIpc) is 2.62. The second-order valence-electron chi connectivity index (χ2n) is 6.11. The highest BCUT2D eigenvalue weighted by molar-refractivity contribution is 6.30. The van der Waals surface area contributed by atoms with Crippen molar-refractivity contribution in [3.05, 3.63) is 28.8 Å². The zero-order valence-electron chi connectivity index (χ0n) is 13.4. The Morgan fingerprint density at radius 3 is 2.61 bits per heavy atom. The minimum absolute atomic E-state index is 0.231.